The van der Waals surface area contributed by atoms with Gasteiger partial charge in [0.05, 0.1) is 23.6 Å². The van der Waals surface area contributed by atoms with E-state index in [0.717, 1.165) is 28.2 Å². The molecular formula is C22H22N4O2. The van der Waals surface area contributed by atoms with E-state index in [9.17, 15) is 4.79 Å². The summed E-state index contributed by atoms with van der Waals surface area (Å²) in [5, 5.41) is 4.52. The predicted molar refractivity (Wildman–Crippen MR) is 106 cm³/mol. The van der Waals surface area contributed by atoms with E-state index in [-0.39, 0.29) is 12.6 Å². The van der Waals surface area contributed by atoms with E-state index >= 15 is 0 Å². The Morgan fingerprint density at radius 3 is 2.61 bits per heavy atom. The SMILES string of the molecule is Cc1nn(Cc2ccccc2)c(C)c1C(=O)OCc1cn2cccc(C)c2n1. The number of aromatic nitrogens is 4. The van der Waals surface area contributed by atoms with Crippen molar-refractivity contribution in [1.29, 1.82) is 0 Å². The maximum Gasteiger partial charge on any atom is 0.342 e. The Morgan fingerprint density at radius 1 is 1.07 bits per heavy atom. The van der Waals surface area contributed by atoms with Crippen LogP contribution >= 0.6 is 0 Å². The summed E-state index contributed by atoms with van der Waals surface area (Å²) in [6.45, 7) is 6.48. The van der Waals surface area contributed by atoms with E-state index in [1.165, 1.54) is 0 Å². The first kappa shape index (κ1) is 18.0. The molecule has 0 saturated heterocycles. The van der Waals surface area contributed by atoms with Gasteiger partial charge in [0.15, 0.2) is 0 Å². The summed E-state index contributed by atoms with van der Waals surface area (Å²) in [5.74, 6) is -0.372. The van der Waals surface area contributed by atoms with Crippen LogP contribution in [0.2, 0.25) is 0 Å². The number of esters is 1. The van der Waals surface area contributed by atoms with Gasteiger partial charge in [-0.2, -0.15) is 5.10 Å². The van der Waals surface area contributed by atoms with E-state index in [4.69, 9.17) is 4.74 Å². The molecule has 0 aliphatic rings. The van der Waals surface area contributed by atoms with Crippen LogP contribution in [0.1, 0.15) is 38.6 Å². The molecule has 4 aromatic rings. The number of rotatable bonds is 5. The van der Waals surface area contributed by atoms with Crippen molar-refractivity contribution in [2.24, 2.45) is 0 Å². The van der Waals surface area contributed by atoms with Gasteiger partial charge in [-0.1, -0.05) is 36.4 Å². The Bertz CT molecular complexity index is 1140. The minimum atomic E-state index is -0.372. The average Bonchev–Trinajstić information content (AvgIpc) is 3.22. The van der Waals surface area contributed by atoms with Crippen molar-refractivity contribution in [2.45, 2.75) is 33.9 Å². The molecule has 0 atom stereocenters. The average molecular weight is 374 g/mol. The maximum absolute atomic E-state index is 12.7. The molecule has 0 N–H and O–H groups in total. The third kappa shape index (κ3) is 3.41. The Balaban J connectivity index is 1.50. The van der Waals surface area contributed by atoms with Crippen LogP contribution in [0.25, 0.3) is 5.65 Å². The van der Waals surface area contributed by atoms with Crippen molar-refractivity contribution >= 4 is 11.6 Å². The highest BCUT2D eigenvalue weighted by molar-refractivity contribution is 5.91. The van der Waals surface area contributed by atoms with E-state index in [1.54, 1.807) is 0 Å². The highest BCUT2D eigenvalue weighted by Gasteiger charge is 2.20. The van der Waals surface area contributed by atoms with Crippen LogP contribution in [0.3, 0.4) is 0 Å². The predicted octanol–water partition coefficient (Wildman–Crippen LogP) is 3.86. The van der Waals surface area contributed by atoms with Crippen molar-refractivity contribution < 1.29 is 9.53 Å². The molecule has 0 bridgehead atoms. The summed E-state index contributed by atoms with van der Waals surface area (Å²) in [5.41, 5.74) is 5.80. The van der Waals surface area contributed by atoms with Crippen molar-refractivity contribution in [2.75, 3.05) is 0 Å². The molecule has 0 aliphatic carbocycles. The second-order valence-electron chi connectivity index (χ2n) is 6.92. The number of pyridine rings is 1. The number of ether oxygens (including phenoxy) is 1. The highest BCUT2D eigenvalue weighted by atomic mass is 16.5. The highest BCUT2D eigenvalue weighted by Crippen LogP contribution is 2.17. The molecule has 28 heavy (non-hydrogen) atoms. The number of hydrogen-bond acceptors (Lipinski definition) is 4. The quantitative estimate of drug-likeness (QED) is 0.498. The number of benzene rings is 1. The van der Waals surface area contributed by atoms with Crippen LogP contribution in [-0.4, -0.2) is 25.1 Å². The fraction of sp³-hybridized carbons (Fsp3) is 0.227. The molecule has 0 fully saturated rings. The minimum Gasteiger partial charge on any atom is -0.455 e. The molecule has 0 spiro atoms. The number of fused-ring (bicyclic) bond motifs is 1. The van der Waals surface area contributed by atoms with Crippen LogP contribution in [0.15, 0.2) is 54.9 Å². The maximum atomic E-state index is 12.7. The molecule has 0 amide bonds. The van der Waals surface area contributed by atoms with Gasteiger partial charge in [0, 0.05) is 12.4 Å². The molecule has 0 radical (unpaired) electrons. The summed E-state index contributed by atoms with van der Waals surface area (Å²) in [6, 6.07) is 14.0. The first-order valence-corrected chi connectivity index (χ1v) is 9.21. The van der Waals surface area contributed by atoms with Gasteiger partial charge in [0.2, 0.25) is 0 Å². The van der Waals surface area contributed by atoms with Gasteiger partial charge in [0.1, 0.15) is 17.8 Å². The molecule has 0 aliphatic heterocycles. The van der Waals surface area contributed by atoms with Gasteiger partial charge in [-0.3, -0.25) is 4.68 Å². The Hall–Kier alpha value is -3.41. The lowest BCUT2D eigenvalue weighted by Crippen LogP contribution is -2.09. The van der Waals surface area contributed by atoms with Gasteiger partial charge in [0.25, 0.3) is 0 Å². The summed E-state index contributed by atoms with van der Waals surface area (Å²) in [6.07, 6.45) is 3.82. The Morgan fingerprint density at radius 2 is 1.86 bits per heavy atom. The first-order chi connectivity index (χ1) is 13.5. The monoisotopic (exact) mass is 374 g/mol. The molecule has 1 aromatic carbocycles. The van der Waals surface area contributed by atoms with Crippen LogP contribution in [0, 0.1) is 20.8 Å². The van der Waals surface area contributed by atoms with Crippen LogP contribution in [0.4, 0.5) is 0 Å². The molecule has 0 unspecified atom stereocenters. The molecule has 3 aromatic heterocycles. The van der Waals surface area contributed by atoms with Gasteiger partial charge >= 0.3 is 5.97 Å². The van der Waals surface area contributed by atoms with Crippen LogP contribution < -0.4 is 0 Å². The number of nitrogens with zero attached hydrogens (tertiary/aromatic N) is 4. The molecule has 3 heterocycles. The Labute approximate surface area is 163 Å². The molecule has 6 heteroatoms. The zero-order valence-corrected chi connectivity index (χ0v) is 16.2. The molecule has 142 valence electrons. The topological polar surface area (TPSA) is 61.4 Å². The van der Waals surface area contributed by atoms with Crippen LogP contribution in [0.5, 0.6) is 0 Å². The third-order valence-corrected chi connectivity index (χ3v) is 4.84. The second-order valence-corrected chi connectivity index (χ2v) is 6.92. The normalized spacial score (nSPS) is 11.1. The summed E-state index contributed by atoms with van der Waals surface area (Å²) in [7, 11) is 0. The second kappa shape index (κ2) is 7.31. The lowest BCUT2D eigenvalue weighted by atomic mass is 10.2. The standard InChI is InChI=1S/C22H22N4O2/c1-15-8-7-11-25-13-19(23-21(15)25)14-28-22(27)20-16(2)24-26(17(20)3)12-18-9-5-4-6-10-18/h4-11,13H,12,14H2,1-3H3. The first-order valence-electron chi connectivity index (χ1n) is 9.21. The molecule has 0 saturated carbocycles. The number of aryl methyl sites for hydroxylation is 2. The number of hydrogen-bond donors (Lipinski definition) is 0. The van der Waals surface area contributed by atoms with Crippen LogP contribution in [-0.2, 0) is 17.9 Å². The Kier molecular flexibility index (Phi) is 4.69. The lowest BCUT2D eigenvalue weighted by Gasteiger charge is -2.06. The summed E-state index contributed by atoms with van der Waals surface area (Å²) < 4.78 is 9.32. The van der Waals surface area contributed by atoms with Gasteiger partial charge in [-0.05, 0) is 38.0 Å². The van der Waals surface area contributed by atoms with E-state index in [2.05, 4.69) is 10.1 Å². The van der Waals surface area contributed by atoms with E-state index in [0.29, 0.717) is 17.8 Å². The largest absolute Gasteiger partial charge is 0.455 e. The smallest absolute Gasteiger partial charge is 0.342 e. The summed E-state index contributed by atoms with van der Waals surface area (Å²) in [4.78, 5) is 17.2. The van der Waals surface area contributed by atoms with Gasteiger partial charge < -0.3 is 9.14 Å². The van der Waals surface area contributed by atoms with Gasteiger partial charge in [-0.15, -0.1) is 0 Å². The van der Waals surface area contributed by atoms with E-state index < -0.39 is 0 Å². The van der Waals surface area contributed by atoms with Crippen molar-refractivity contribution in [3.63, 3.8) is 0 Å². The fourth-order valence-electron chi connectivity index (χ4n) is 3.39. The fourth-order valence-corrected chi connectivity index (χ4v) is 3.39. The van der Waals surface area contributed by atoms with Crippen molar-refractivity contribution in [3.05, 3.63) is 88.6 Å². The molecular weight excluding hydrogens is 352 g/mol. The van der Waals surface area contributed by atoms with Crippen molar-refractivity contribution in [1.82, 2.24) is 19.2 Å². The van der Waals surface area contributed by atoms with Gasteiger partial charge in [-0.25, -0.2) is 9.78 Å². The number of carbonyl (C=O) groups excluding carboxylic acids is 1. The summed E-state index contributed by atoms with van der Waals surface area (Å²) >= 11 is 0. The van der Waals surface area contributed by atoms with E-state index in [1.807, 2.05) is 84.7 Å². The number of imidazole rings is 1. The molecule has 4 rings (SSSR count). The third-order valence-electron chi connectivity index (χ3n) is 4.84. The lowest BCUT2D eigenvalue weighted by molar-refractivity contribution is 0.0466. The zero-order chi connectivity index (χ0) is 19.7. The zero-order valence-electron chi connectivity index (χ0n) is 16.2. The molecule has 6 nitrogen and oxygen atoms in total. The van der Waals surface area contributed by atoms with Crippen molar-refractivity contribution in [3.8, 4) is 0 Å². The number of carbonyl (C=O) groups is 1. The minimum absolute atomic E-state index is 0.128.